The van der Waals surface area contributed by atoms with Crippen molar-refractivity contribution in [3.05, 3.63) is 29.8 Å². The standard InChI is InChI=1S/C14H23FN4/c1-12(13-9-14(15)11-16-10-13)17-3-4-19-7-5-18(2)6-8-19/h9-12,17H,3-8H2,1-2H3. The van der Waals surface area contributed by atoms with Gasteiger partial charge < -0.3 is 10.2 Å². The van der Waals surface area contributed by atoms with Gasteiger partial charge in [-0.25, -0.2) is 4.39 Å². The lowest BCUT2D eigenvalue weighted by Crippen LogP contribution is -2.46. The normalized spacial score (nSPS) is 19.5. The van der Waals surface area contributed by atoms with E-state index in [2.05, 4.69) is 27.1 Å². The summed E-state index contributed by atoms with van der Waals surface area (Å²) in [5.74, 6) is -0.273. The summed E-state index contributed by atoms with van der Waals surface area (Å²) in [6, 6.07) is 1.68. The topological polar surface area (TPSA) is 31.4 Å². The van der Waals surface area contributed by atoms with Crippen LogP contribution in [0.15, 0.2) is 18.5 Å². The maximum absolute atomic E-state index is 13.1. The number of nitrogens with zero attached hydrogens (tertiary/aromatic N) is 3. The van der Waals surface area contributed by atoms with E-state index in [-0.39, 0.29) is 11.9 Å². The first-order chi connectivity index (χ1) is 9.15. The first-order valence-electron chi connectivity index (χ1n) is 6.90. The number of likely N-dealkylation sites (N-methyl/N-ethyl adjacent to an activating group) is 1. The number of rotatable bonds is 5. The van der Waals surface area contributed by atoms with Crippen LogP contribution in [0, 0.1) is 5.82 Å². The van der Waals surface area contributed by atoms with E-state index in [9.17, 15) is 4.39 Å². The molecule has 2 rings (SSSR count). The van der Waals surface area contributed by atoms with E-state index in [1.807, 2.05) is 6.92 Å². The third-order valence-corrected chi connectivity index (χ3v) is 3.70. The number of pyridine rings is 1. The molecule has 0 aliphatic carbocycles. The molecule has 1 aromatic heterocycles. The van der Waals surface area contributed by atoms with Crippen LogP contribution in [0.4, 0.5) is 4.39 Å². The van der Waals surface area contributed by atoms with Crippen molar-refractivity contribution in [3.8, 4) is 0 Å². The van der Waals surface area contributed by atoms with Gasteiger partial charge in [0, 0.05) is 51.5 Å². The second kappa shape index (κ2) is 6.93. The van der Waals surface area contributed by atoms with Gasteiger partial charge in [0.05, 0.1) is 6.20 Å². The summed E-state index contributed by atoms with van der Waals surface area (Å²) in [7, 11) is 2.16. The third-order valence-electron chi connectivity index (χ3n) is 3.70. The number of halogens is 1. The van der Waals surface area contributed by atoms with Crippen LogP contribution in [0.3, 0.4) is 0 Å². The zero-order valence-electron chi connectivity index (χ0n) is 11.8. The number of nitrogens with one attached hydrogen (secondary N) is 1. The van der Waals surface area contributed by atoms with Crippen LogP contribution in [0.5, 0.6) is 0 Å². The minimum Gasteiger partial charge on any atom is -0.309 e. The van der Waals surface area contributed by atoms with Crippen molar-refractivity contribution in [1.82, 2.24) is 20.1 Å². The van der Waals surface area contributed by atoms with Crippen molar-refractivity contribution in [2.45, 2.75) is 13.0 Å². The lowest BCUT2D eigenvalue weighted by Gasteiger charge is -2.32. The molecule has 0 amide bonds. The monoisotopic (exact) mass is 266 g/mol. The van der Waals surface area contributed by atoms with Gasteiger partial charge in [-0.05, 0) is 25.6 Å². The highest BCUT2D eigenvalue weighted by molar-refractivity contribution is 5.14. The van der Waals surface area contributed by atoms with Crippen LogP contribution in [0.2, 0.25) is 0 Å². The Bertz CT molecular complexity index is 391. The maximum atomic E-state index is 13.1. The molecule has 2 heterocycles. The molecule has 1 atom stereocenters. The fourth-order valence-electron chi connectivity index (χ4n) is 2.29. The highest BCUT2D eigenvalue weighted by Gasteiger charge is 2.13. The molecule has 0 radical (unpaired) electrons. The Kier molecular flexibility index (Phi) is 5.24. The summed E-state index contributed by atoms with van der Waals surface area (Å²) in [5, 5.41) is 3.42. The summed E-state index contributed by atoms with van der Waals surface area (Å²) >= 11 is 0. The fourth-order valence-corrected chi connectivity index (χ4v) is 2.29. The highest BCUT2D eigenvalue weighted by Crippen LogP contribution is 2.11. The van der Waals surface area contributed by atoms with E-state index in [0.717, 1.165) is 44.8 Å². The molecule has 0 spiro atoms. The quantitative estimate of drug-likeness (QED) is 0.865. The Morgan fingerprint density at radius 1 is 1.32 bits per heavy atom. The van der Waals surface area contributed by atoms with Crippen molar-refractivity contribution >= 4 is 0 Å². The molecule has 1 unspecified atom stereocenters. The van der Waals surface area contributed by atoms with Gasteiger partial charge in [-0.15, -0.1) is 0 Å². The Balaban J connectivity index is 1.70. The summed E-state index contributed by atoms with van der Waals surface area (Å²) in [6.45, 7) is 8.55. The zero-order chi connectivity index (χ0) is 13.7. The molecular formula is C14H23FN4. The Labute approximate surface area is 114 Å². The Morgan fingerprint density at radius 2 is 2.05 bits per heavy atom. The van der Waals surface area contributed by atoms with E-state index in [0.29, 0.717) is 0 Å². The lowest BCUT2D eigenvalue weighted by molar-refractivity contribution is 0.154. The number of hydrogen-bond acceptors (Lipinski definition) is 4. The van der Waals surface area contributed by atoms with Crippen LogP contribution in [-0.4, -0.2) is 61.1 Å². The Hall–Kier alpha value is -1.04. The van der Waals surface area contributed by atoms with Gasteiger partial charge in [-0.1, -0.05) is 0 Å². The second-order valence-corrected chi connectivity index (χ2v) is 5.26. The molecule has 0 saturated carbocycles. The first-order valence-corrected chi connectivity index (χ1v) is 6.90. The summed E-state index contributed by atoms with van der Waals surface area (Å²) in [4.78, 5) is 8.69. The highest BCUT2D eigenvalue weighted by atomic mass is 19.1. The molecule has 4 nitrogen and oxygen atoms in total. The summed E-state index contributed by atoms with van der Waals surface area (Å²) in [6.07, 6.45) is 2.96. The van der Waals surface area contributed by atoms with Gasteiger partial charge in [0.25, 0.3) is 0 Å². The molecule has 106 valence electrons. The molecule has 1 fully saturated rings. The molecule has 1 N–H and O–H groups in total. The number of piperazine rings is 1. The molecule has 5 heteroatoms. The van der Waals surface area contributed by atoms with Crippen molar-refractivity contribution in [3.63, 3.8) is 0 Å². The maximum Gasteiger partial charge on any atom is 0.141 e. The average molecular weight is 266 g/mol. The van der Waals surface area contributed by atoms with Crippen LogP contribution < -0.4 is 5.32 Å². The average Bonchev–Trinajstić information content (AvgIpc) is 2.41. The van der Waals surface area contributed by atoms with Crippen LogP contribution >= 0.6 is 0 Å². The minimum absolute atomic E-state index is 0.135. The number of hydrogen-bond donors (Lipinski definition) is 1. The van der Waals surface area contributed by atoms with Crippen molar-refractivity contribution in [2.24, 2.45) is 0 Å². The van der Waals surface area contributed by atoms with Gasteiger partial charge in [0.15, 0.2) is 0 Å². The van der Waals surface area contributed by atoms with Crippen molar-refractivity contribution in [2.75, 3.05) is 46.3 Å². The van der Waals surface area contributed by atoms with Crippen LogP contribution in [0.25, 0.3) is 0 Å². The zero-order valence-corrected chi connectivity index (χ0v) is 11.8. The SMILES string of the molecule is CC(NCCN1CCN(C)CC1)c1cncc(F)c1. The van der Waals surface area contributed by atoms with Gasteiger partial charge in [0.2, 0.25) is 0 Å². The number of aromatic nitrogens is 1. The van der Waals surface area contributed by atoms with Crippen LogP contribution in [-0.2, 0) is 0 Å². The molecular weight excluding hydrogens is 243 g/mol. The molecule has 19 heavy (non-hydrogen) atoms. The van der Waals surface area contributed by atoms with E-state index >= 15 is 0 Å². The predicted molar refractivity (Wildman–Crippen MR) is 74.5 cm³/mol. The summed E-state index contributed by atoms with van der Waals surface area (Å²) in [5.41, 5.74) is 0.901. The Morgan fingerprint density at radius 3 is 2.74 bits per heavy atom. The van der Waals surface area contributed by atoms with E-state index < -0.39 is 0 Å². The molecule has 0 bridgehead atoms. The molecule has 1 aliphatic rings. The molecule has 1 aliphatic heterocycles. The van der Waals surface area contributed by atoms with Crippen molar-refractivity contribution in [1.29, 1.82) is 0 Å². The lowest BCUT2D eigenvalue weighted by atomic mass is 10.1. The minimum atomic E-state index is -0.273. The first kappa shape index (κ1) is 14.4. The largest absolute Gasteiger partial charge is 0.309 e. The van der Waals surface area contributed by atoms with Crippen LogP contribution in [0.1, 0.15) is 18.5 Å². The van der Waals surface area contributed by atoms with E-state index in [1.54, 1.807) is 12.3 Å². The molecule has 0 aromatic carbocycles. The predicted octanol–water partition coefficient (Wildman–Crippen LogP) is 1.12. The second-order valence-electron chi connectivity index (χ2n) is 5.26. The van der Waals surface area contributed by atoms with Gasteiger partial charge >= 0.3 is 0 Å². The fraction of sp³-hybridized carbons (Fsp3) is 0.643. The van der Waals surface area contributed by atoms with E-state index in [1.165, 1.54) is 6.20 Å². The smallest absolute Gasteiger partial charge is 0.141 e. The third kappa shape index (κ3) is 4.53. The van der Waals surface area contributed by atoms with Gasteiger partial charge in [-0.2, -0.15) is 0 Å². The van der Waals surface area contributed by atoms with Crippen molar-refractivity contribution < 1.29 is 4.39 Å². The van der Waals surface area contributed by atoms with E-state index in [4.69, 9.17) is 0 Å². The molecule has 1 aromatic rings. The molecule has 1 saturated heterocycles. The van der Waals surface area contributed by atoms with Gasteiger partial charge in [-0.3, -0.25) is 9.88 Å². The summed E-state index contributed by atoms with van der Waals surface area (Å²) < 4.78 is 13.1. The van der Waals surface area contributed by atoms with Gasteiger partial charge in [0.1, 0.15) is 5.82 Å².